The van der Waals surface area contributed by atoms with Crippen molar-refractivity contribution < 1.29 is 4.79 Å². The lowest BCUT2D eigenvalue weighted by molar-refractivity contribution is 0.229. The van der Waals surface area contributed by atoms with E-state index in [4.69, 9.17) is 16.6 Å². The summed E-state index contributed by atoms with van der Waals surface area (Å²) in [6, 6.07) is 7.78. The van der Waals surface area contributed by atoms with E-state index in [1.165, 1.54) is 0 Å². The molecule has 3 aromatic rings. The van der Waals surface area contributed by atoms with Crippen molar-refractivity contribution in [2.45, 2.75) is 38.3 Å². The van der Waals surface area contributed by atoms with Gasteiger partial charge < -0.3 is 14.8 Å². The van der Waals surface area contributed by atoms with Gasteiger partial charge in [-0.1, -0.05) is 30.9 Å². The number of nitrogens with one attached hydrogen (secondary N) is 1. The lowest BCUT2D eigenvalue weighted by Crippen LogP contribution is -2.38. The summed E-state index contributed by atoms with van der Waals surface area (Å²) in [7, 11) is 3.85. The highest BCUT2D eigenvalue weighted by Gasteiger charge is 2.47. The number of halogens is 1. The summed E-state index contributed by atoms with van der Waals surface area (Å²) in [6.07, 6.45) is 7.42. The van der Waals surface area contributed by atoms with E-state index in [9.17, 15) is 4.79 Å². The molecule has 2 fully saturated rings. The summed E-state index contributed by atoms with van der Waals surface area (Å²) in [5.41, 5.74) is 2.70. The molecule has 1 aliphatic carbocycles. The second kappa shape index (κ2) is 8.06. The Labute approximate surface area is 199 Å². The molecule has 1 saturated carbocycles. The maximum atomic E-state index is 12.8. The first-order valence-electron chi connectivity index (χ1n) is 11.2. The minimum atomic E-state index is -0.305. The quantitative estimate of drug-likeness (QED) is 0.568. The first-order chi connectivity index (χ1) is 15.8. The molecule has 1 saturated heterocycles. The Bertz CT molecular complexity index is 1190. The molecule has 2 aromatic heterocycles. The maximum Gasteiger partial charge on any atom is 0.325 e. The van der Waals surface area contributed by atoms with Crippen molar-refractivity contribution in [3.63, 3.8) is 0 Å². The predicted molar refractivity (Wildman–Crippen MR) is 132 cm³/mol. The standard InChI is InChI=1S/C23H27BClN7O/c1-14(2)18-11-30(3)22(33)32(18)20-4-7-26-21(28-20)29-23(5-6-23)19-12-31(13-27-19)17-9-15(24)8-16(25)10-17/h4,7-10,12-14,18H,5-6,11,24H2,1-3H3,(H,26,28,29)/t18-/m1/s1. The number of hydrogen-bond donors (Lipinski definition) is 1. The monoisotopic (exact) mass is 463 g/mol. The van der Waals surface area contributed by atoms with Crippen LogP contribution in [-0.2, 0) is 5.54 Å². The highest BCUT2D eigenvalue weighted by atomic mass is 35.5. The number of rotatable bonds is 6. The lowest BCUT2D eigenvalue weighted by atomic mass is 9.96. The van der Waals surface area contributed by atoms with E-state index in [1.807, 2.05) is 44.1 Å². The van der Waals surface area contributed by atoms with Gasteiger partial charge in [0.25, 0.3) is 0 Å². The van der Waals surface area contributed by atoms with Crippen molar-refractivity contribution in [2.24, 2.45) is 5.92 Å². The molecule has 0 spiro atoms. The minimum Gasteiger partial charge on any atom is -0.343 e. The fraction of sp³-hybridized carbons (Fsp3) is 0.391. The van der Waals surface area contributed by atoms with Crippen molar-refractivity contribution in [3.05, 3.63) is 53.7 Å². The number of benzene rings is 1. The number of anilines is 2. The third-order valence-electron chi connectivity index (χ3n) is 6.48. The van der Waals surface area contributed by atoms with Crippen LogP contribution in [0.25, 0.3) is 5.69 Å². The Morgan fingerprint density at radius 1 is 1.24 bits per heavy atom. The third kappa shape index (κ3) is 4.06. The Balaban J connectivity index is 1.39. The van der Waals surface area contributed by atoms with E-state index < -0.39 is 0 Å². The number of likely N-dealkylation sites (N-methyl/N-ethyl adjacent to an activating group) is 1. The summed E-state index contributed by atoms with van der Waals surface area (Å²) < 4.78 is 1.99. The zero-order valence-electron chi connectivity index (χ0n) is 19.3. The molecule has 170 valence electrons. The van der Waals surface area contributed by atoms with Crippen molar-refractivity contribution in [3.8, 4) is 5.69 Å². The molecule has 1 atom stereocenters. The Morgan fingerprint density at radius 3 is 2.73 bits per heavy atom. The third-order valence-corrected chi connectivity index (χ3v) is 6.70. The average molecular weight is 464 g/mol. The van der Waals surface area contributed by atoms with Gasteiger partial charge in [0.1, 0.15) is 13.7 Å². The summed E-state index contributed by atoms with van der Waals surface area (Å²) >= 11 is 6.24. The van der Waals surface area contributed by atoms with E-state index in [1.54, 1.807) is 22.1 Å². The summed E-state index contributed by atoms with van der Waals surface area (Å²) in [4.78, 5) is 30.1. The van der Waals surface area contributed by atoms with Gasteiger partial charge in [-0.3, -0.25) is 4.90 Å². The van der Waals surface area contributed by atoms with Crippen molar-refractivity contribution in [1.29, 1.82) is 0 Å². The van der Waals surface area contributed by atoms with Crippen LogP contribution in [0.4, 0.5) is 16.6 Å². The van der Waals surface area contributed by atoms with E-state index in [0.717, 1.165) is 29.7 Å². The van der Waals surface area contributed by atoms with E-state index in [-0.39, 0.29) is 17.6 Å². The van der Waals surface area contributed by atoms with Crippen LogP contribution in [0.1, 0.15) is 32.4 Å². The van der Waals surface area contributed by atoms with Crippen molar-refractivity contribution >= 4 is 42.7 Å². The van der Waals surface area contributed by atoms with E-state index >= 15 is 0 Å². The summed E-state index contributed by atoms with van der Waals surface area (Å²) in [5.74, 6) is 1.44. The Kier molecular flexibility index (Phi) is 5.31. The number of carbonyl (C=O) groups excluding carboxylic acids is 1. The molecule has 1 aliphatic heterocycles. The number of hydrogen-bond acceptors (Lipinski definition) is 5. The molecule has 0 unspecified atom stereocenters. The van der Waals surface area contributed by atoms with Crippen LogP contribution in [0.15, 0.2) is 43.0 Å². The van der Waals surface area contributed by atoms with Crippen LogP contribution in [0.5, 0.6) is 0 Å². The van der Waals surface area contributed by atoms with E-state index in [0.29, 0.717) is 29.3 Å². The minimum absolute atomic E-state index is 0.0324. The van der Waals surface area contributed by atoms with Crippen molar-refractivity contribution in [2.75, 3.05) is 23.8 Å². The number of urea groups is 1. The van der Waals surface area contributed by atoms with Crippen LogP contribution >= 0.6 is 11.6 Å². The molecule has 8 nitrogen and oxygen atoms in total. The number of nitrogens with zero attached hydrogens (tertiary/aromatic N) is 6. The van der Waals surface area contributed by atoms with Crippen LogP contribution in [0, 0.1) is 5.92 Å². The Morgan fingerprint density at radius 2 is 2.03 bits per heavy atom. The number of aromatic nitrogens is 4. The topological polar surface area (TPSA) is 79.2 Å². The number of carbonyl (C=O) groups is 1. The molecule has 33 heavy (non-hydrogen) atoms. The van der Waals surface area contributed by atoms with Crippen LogP contribution < -0.4 is 15.7 Å². The lowest BCUT2D eigenvalue weighted by Gasteiger charge is -2.25. The van der Waals surface area contributed by atoms with Crippen LogP contribution in [-0.4, -0.2) is 57.9 Å². The molecule has 1 N–H and O–H groups in total. The fourth-order valence-electron chi connectivity index (χ4n) is 4.45. The smallest absolute Gasteiger partial charge is 0.325 e. The summed E-state index contributed by atoms with van der Waals surface area (Å²) in [5, 5.41) is 4.19. The van der Waals surface area contributed by atoms with Gasteiger partial charge in [0.05, 0.1) is 23.6 Å². The molecule has 5 rings (SSSR count). The van der Waals surface area contributed by atoms with Gasteiger partial charge in [0.2, 0.25) is 5.95 Å². The van der Waals surface area contributed by atoms with Gasteiger partial charge in [-0.15, -0.1) is 0 Å². The first kappa shape index (κ1) is 21.8. The highest BCUT2D eigenvalue weighted by Crippen LogP contribution is 2.47. The second-order valence-corrected chi connectivity index (χ2v) is 9.88. The average Bonchev–Trinajstić information content (AvgIpc) is 3.23. The van der Waals surface area contributed by atoms with Crippen molar-refractivity contribution in [1.82, 2.24) is 24.4 Å². The van der Waals surface area contributed by atoms with Gasteiger partial charge in [-0.2, -0.15) is 4.98 Å². The molecule has 2 amide bonds. The zero-order valence-corrected chi connectivity index (χ0v) is 20.0. The number of amides is 2. The molecule has 0 bridgehead atoms. The predicted octanol–water partition coefficient (Wildman–Crippen LogP) is 2.57. The van der Waals surface area contributed by atoms with E-state index in [2.05, 4.69) is 35.2 Å². The van der Waals surface area contributed by atoms with Gasteiger partial charge in [-0.25, -0.2) is 14.8 Å². The molecular weight excluding hydrogens is 437 g/mol. The van der Waals surface area contributed by atoms with Gasteiger partial charge in [-0.05, 0) is 43.0 Å². The normalized spacial score (nSPS) is 19.4. The van der Waals surface area contributed by atoms with Crippen LogP contribution in [0.3, 0.4) is 0 Å². The molecule has 0 radical (unpaired) electrons. The van der Waals surface area contributed by atoms with Gasteiger partial charge >= 0.3 is 6.03 Å². The van der Waals surface area contributed by atoms with Crippen LogP contribution in [0.2, 0.25) is 5.02 Å². The Hall–Kier alpha value is -3.07. The summed E-state index contributed by atoms with van der Waals surface area (Å²) in [6.45, 7) is 4.94. The first-order valence-corrected chi connectivity index (χ1v) is 11.6. The second-order valence-electron chi connectivity index (χ2n) is 9.44. The highest BCUT2D eigenvalue weighted by molar-refractivity contribution is 6.36. The largest absolute Gasteiger partial charge is 0.343 e. The fourth-order valence-corrected chi connectivity index (χ4v) is 4.73. The molecule has 3 heterocycles. The molecule has 1 aromatic carbocycles. The van der Waals surface area contributed by atoms with Gasteiger partial charge in [0.15, 0.2) is 0 Å². The maximum absolute atomic E-state index is 12.8. The zero-order chi connectivity index (χ0) is 23.3. The SMILES string of the molecule is Bc1cc(Cl)cc(-n2cnc(C3(Nc4nccc(N5C(=O)N(C)C[C@@H]5C(C)C)n4)CC3)c2)c1. The molecular formula is C23H27BClN7O. The van der Waals surface area contributed by atoms with Gasteiger partial charge in [0, 0.05) is 36.7 Å². The molecule has 2 aliphatic rings. The molecule has 10 heteroatoms. The number of imidazole rings is 1.